The van der Waals surface area contributed by atoms with Gasteiger partial charge in [-0.2, -0.15) is 0 Å². The standard InChI is InChI=1S/C15H12Cl2O3S/c1-10-5-7-11(8-6-10)14(18)9-21(19,20)15-12(16)3-2-4-13(15)17/h2-8H,9H2,1H3. The predicted octanol–water partition coefficient (Wildman–Crippen LogP) is 3.96. The molecule has 0 N–H and O–H groups in total. The van der Waals surface area contributed by atoms with Gasteiger partial charge >= 0.3 is 0 Å². The molecule has 0 aliphatic rings. The summed E-state index contributed by atoms with van der Waals surface area (Å²) in [5, 5.41) is 0.0263. The lowest BCUT2D eigenvalue weighted by Gasteiger charge is -2.08. The maximum atomic E-state index is 12.3. The summed E-state index contributed by atoms with van der Waals surface area (Å²) in [6, 6.07) is 11.1. The molecule has 0 fully saturated rings. The Labute approximate surface area is 133 Å². The smallest absolute Gasteiger partial charge is 0.188 e. The average Bonchev–Trinajstić information content (AvgIpc) is 2.38. The van der Waals surface area contributed by atoms with Gasteiger partial charge in [0.1, 0.15) is 10.6 Å². The first-order valence-corrected chi connectivity index (χ1v) is 8.49. The van der Waals surface area contributed by atoms with Crippen molar-refractivity contribution in [3.63, 3.8) is 0 Å². The van der Waals surface area contributed by atoms with Crippen LogP contribution in [0.4, 0.5) is 0 Å². The van der Waals surface area contributed by atoms with Gasteiger partial charge in [0.15, 0.2) is 15.6 Å². The molecule has 0 heterocycles. The van der Waals surface area contributed by atoms with Crippen LogP contribution in [-0.4, -0.2) is 20.0 Å². The molecule has 0 radical (unpaired) electrons. The van der Waals surface area contributed by atoms with E-state index in [1.807, 2.05) is 6.92 Å². The summed E-state index contributed by atoms with van der Waals surface area (Å²) in [4.78, 5) is 11.9. The zero-order valence-electron chi connectivity index (χ0n) is 11.1. The van der Waals surface area contributed by atoms with Crippen molar-refractivity contribution >= 4 is 38.8 Å². The molecular formula is C15H12Cl2O3S. The second-order valence-corrected chi connectivity index (χ2v) is 7.34. The van der Waals surface area contributed by atoms with E-state index in [0.29, 0.717) is 5.56 Å². The Bertz CT molecular complexity index is 761. The molecule has 0 saturated heterocycles. The van der Waals surface area contributed by atoms with Crippen molar-refractivity contribution in [2.75, 3.05) is 5.75 Å². The molecule has 0 unspecified atom stereocenters. The molecule has 0 aromatic heterocycles. The van der Waals surface area contributed by atoms with Crippen molar-refractivity contribution in [1.29, 1.82) is 0 Å². The van der Waals surface area contributed by atoms with E-state index in [9.17, 15) is 13.2 Å². The van der Waals surface area contributed by atoms with Crippen LogP contribution in [0.15, 0.2) is 47.4 Å². The fourth-order valence-corrected chi connectivity index (χ4v) is 4.34. The van der Waals surface area contributed by atoms with E-state index in [2.05, 4.69) is 0 Å². The molecule has 0 aliphatic carbocycles. The van der Waals surface area contributed by atoms with E-state index < -0.39 is 21.4 Å². The summed E-state index contributed by atoms with van der Waals surface area (Å²) < 4.78 is 24.7. The highest BCUT2D eigenvalue weighted by Gasteiger charge is 2.25. The number of carbonyl (C=O) groups is 1. The minimum atomic E-state index is -3.89. The number of ketones is 1. The first kappa shape index (κ1) is 16.0. The number of benzene rings is 2. The van der Waals surface area contributed by atoms with Crippen molar-refractivity contribution in [2.24, 2.45) is 0 Å². The number of sulfone groups is 1. The summed E-state index contributed by atoms with van der Waals surface area (Å²) in [5.74, 6) is -1.16. The van der Waals surface area contributed by atoms with Crippen LogP contribution in [0.5, 0.6) is 0 Å². The SMILES string of the molecule is Cc1ccc(C(=O)CS(=O)(=O)c2c(Cl)cccc2Cl)cc1. The van der Waals surface area contributed by atoms with Crippen LogP contribution >= 0.6 is 23.2 Å². The number of halogens is 2. The van der Waals surface area contributed by atoms with Gasteiger partial charge in [-0.25, -0.2) is 8.42 Å². The second kappa shape index (κ2) is 6.18. The first-order valence-electron chi connectivity index (χ1n) is 6.08. The first-order chi connectivity index (χ1) is 9.81. The second-order valence-electron chi connectivity index (χ2n) is 4.60. The van der Waals surface area contributed by atoms with Gasteiger partial charge in [-0.1, -0.05) is 59.1 Å². The molecule has 0 bridgehead atoms. The Morgan fingerprint density at radius 2 is 1.52 bits per heavy atom. The van der Waals surface area contributed by atoms with Crippen LogP contribution < -0.4 is 0 Å². The molecule has 3 nitrogen and oxygen atoms in total. The zero-order chi connectivity index (χ0) is 15.6. The summed E-state index contributed by atoms with van der Waals surface area (Å²) in [6.45, 7) is 1.88. The van der Waals surface area contributed by atoms with E-state index in [1.54, 1.807) is 30.3 Å². The number of hydrogen-bond donors (Lipinski definition) is 0. The maximum absolute atomic E-state index is 12.3. The van der Waals surface area contributed by atoms with Crippen LogP contribution in [0, 0.1) is 6.92 Å². The number of aryl methyl sites for hydroxylation is 1. The van der Waals surface area contributed by atoms with Crippen LogP contribution in [0.2, 0.25) is 10.0 Å². The lowest BCUT2D eigenvalue weighted by Crippen LogP contribution is -2.17. The van der Waals surface area contributed by atoms with Crippen LogP contribution in [-0.2, 0) is 9.84 Å². The minimum absolute atomic E-state index is 0.0132. The van der Waals surface area contributed by atoms with Gasteiger partial charge in [0.25, 0.3) is 0 Å². The number of Topliss-reactive ketones (excluding diaryl/α,β-unsaturated/α-hetero) is 1. The highest BCUT2D eigenvalue weighted by molar-refractivity contribution is 7.92. The Morgan fingerprint density at radius 3 is 2.05 bits per heavy atom. The van der Waals surface area contributed by atoms with E-state index in [1.165, 1.54) is 12.1 Å². The van der Waals surface area contributed by atoms with Gasteiger partial charge in [0.2, 0.25) is 0 Å². The van der Waals surface area contributed by atoms with Gasteiger partial charge in [-0.15, -0.1) is 0 Å². The molecule has 0 aliphatic heterocycles. The summed E-state index contributed by atoms with van der Waals surface area (Å²) in [6.07, 6.45) is 0. The van der Waals surface area contributed by atoms with Gasteiger partial charge < -0.3 is 0 Å². The Balaban J connectivity index is 2.34. The van der Waals surface area contributed by atoms with Crippen molar-refractivity contribution in [3.8, 4) is 0 Å². The topological polar surface area (TPSA) is 51.2 Å². The minimum Gasteiger partial charge on any atom is -0.293 e. The van der Waals surface area contributed by atoms with Crippen molar-refractivity contribution < 1.29 is 13.2 Å². The van der Waals surface area contributed by atoms with Crippen molar-refractivity contribution in [1.82, 2.24) is 0 Å². The maximum Gasteiger partial charge on any atom is 0.188 e. The summed E-state index contributed by atoms with van der Waals surface area (Å²) in [7, 11) is -3.89. The van der Waals surface area contributed by atoms with Crippen LogP contribution in [0.25, 0.3) is 0 Å². The number of carbonyl (C=O) groups excluding carboxylic acids is 1. The Kier molecular flexibility index (Phi) is 4.71. The third-order valence-electron chi connectivity index (χ3n) is 2.92. The molecule has 2 aromatic carbocycles. The number of hydrogen-bond acceptors (Lipinski definition) is 3. The van der Waals surface area contributed by atoms with Crippen molar-refractivity contribution in [2.45, 2.75) is 11.8 Å². The van der Waals surface area contributed by atoms with Gasteiger partial charge in [0.05, 0.1) is 10.0 Å². The fraction of sp³-hybridized carbons (Fsp3) is 0.133. The molecular weight excluding hydrogens is 331 g/mol. The lowest BCUT2D eigenvalue weighted by molar-refractivity contribution is 0.102. The van der Waals surface area contributed by atoms with Crippen molar-refractivity contribution in [3.05, 3.63) is 63.6 Å². The largest absolute Gasteiger partial charge is 0.293 e. The summed E-state index contributed by atoms with van der Waals surface area (Å²) >= 11 is 11.8. The van der Waals surface area contributed by atoms with E-state index in [0.717, 1.165) is 5.56 Å². The monoisotopic (exact) mass is 342 g/mol. The molecule has 21 heavy (non-hydrogen) atoms. The van der Waals surface area contributed by atoms with Gasteiger partial charge in [-0.3, -0.25) is 4.79 Å². The van der Waals surface area contributed by atoms with E-state index in [4.69, 9.17) is 23.2 Å². The molecule has 0 spiro atoms. The molecule has 110 valence electrons. The molecule has 0 amide bonds. The van der Waals surface area contributed by atoms with Crippen LogP contribution in [0.3, 0.4) is 0 Å². The molecule has 2 aromatic rings. The summed E-state index contributed by atoms with van der Waals surface area (Å²) in [5.41, 5.74) is 1.33. The quantitative estimate of drug-likeness (QED) is 0.790. The molecule has 0 saturated carbocycles. The average molecular weight is 343 g/mol. The fourth-order valence-electron chi connectivity index (χ4n) is 1.85. The molecule has 6 heteroatoms. The van der Waals surface area contributed by atoms with Crippen LogP contribution in [0.1, 0.15) is 15.9 Å². The Morgan fingerprint density at radius 1 is 1.00 bits per heavy atom. The zero-order valence-corrected chi connectivity index (χ0v) is 13.5. The third-order valence-corrected chi connectivity index (χ3v) is 5.48. The van der Waals surface area contributed by atoms with E-state index >= 15 is 0 Å². The molecule has 2 rings (SSSR count). The predicted molar refractivity (Wildman–Crippen MR) is 84.0 cm³/mol. The number of rotatable bonds is 4. The van der Waals surface area contributed by atoms with E-state index in [-0.39, 0.29) is 14.9 Å². The Hall–Kier alpha value is -1.36. The third kappa shape index (κ3) is 3.64. The molecule has 0 atom stereocenters. The highest BCUT2D eigenvalue weighted by Crippen LogP contribution is 2.30. The van der Waals surface area contributed by atoms with Gasteiger partial charge in [-0.05, 0) is 19.1 Å². The normalized spacial score (nSPS) is 11.4. The highest BCUT2D eigenvalue weighted by atomic mass is 35.5. The van der Waals surface area contributed by atoms with Gasteiger partial charge in [0, 0.05) is 5.56 Å². The lowest BCUT2D eigenvalue weighted by atomic mass is 10.1.